The highest BCUT2D eigenvalue weighted by molar-refractivity contribution is 6.35. The van der Waals surface area contributed by atoms with E-state index in [-0.39, 0.29) is 5.56 Å². The second kappa shape index (κ2) is 5.74. The minimum Gasteiger partial charge on any atom is -0.325 e. The van der Waals surface area contributed by atoms with Gasteiger partial charge in [0.1, 0.15) is 5.82 Å². The maximum absolute atomic E-state index is 12.4. The van der Waals surface area contributed by atoms with Crippen molar-refractivity contribution in [3.05, 3.63) is 45.5 Å². The number of fused-ring (bicyclic) bond motifs is 3. The molecule has 3 heterocycles. The van der Waals surface area contributed by atoms with Gasteiger partial charge in [-0.15, -0.1) is 0 Å². The minimum atomic E-state index is -0.238. The van der Waals surface area contributed by atoms with E-state index in [0.29, 0.717) is 16.5 Å². The van der Waals surface area contributed by atoms with Crippen LogP contribution in [0.3, 0.4) is 0 Å². The molecule has 0 bridgehead atoms. The van der Waals surface area contributed by atoms with Gasteiger partial charge in [-0.05, 0) is 31.2 Å². The van der Waals surface area contributed by atoms with Crippen LogP contribution in [0, 0.1) is 0 Å². The predicted octanol–water partition coefficient (Wildman–Crippen LogP) is 1.74. The van der Waals surface area contributed by atoms with E-state index in [1.54, 1.807) is 6.07 Å². The first-order valence-corrected chi connectivity index (χ1v) is 8.33. The zero-order chi connectivity index (χ0) is 16.0. The van der Waals surface area contributed by atoms with E-state index in [1.165, 1.54) is 0 Å². The standard InChI is InChI=1S/C17H19ClN4O/c1-21-8-6-19-12(10-21)9-11-5-7-22-14-4-2-3-13(18)15(14)17(23)20-16(11)22/h2-4,9,12,19H,5-8,10H2,1H3/b11-9-. The molecule has 1 aromatic carbocycles. The summed E-state index contributed by atoms with van der Waals surface area (Å²) in [6, 6.07) is 5.88. The van der Waals surface area contributed by atoms with E-state index in [4.69, 9.17) is 11.6 Å². The Morgan fingerprint density at radius 1 is 1.39 bits per heavy atom. The summed E-state index contributed by atoms with van der Waals surface area (Å²) in [5, 5.41) is 4.51. The van der Waals surface area contributed by atoms with Crippen molar-refractivity contribution in [3.8, 4) is 0 Å². The average molecular weight is 331 g/mol. The van der Waals surface area contributed by atoms with Crippen LogP contribution < -0.4 is 10.9 Å². The molecule has 2 aromatic rings. The van der Waals surface area contributed by atoms with Gasteiger partial charge in [0.05, 0.1) is 15.9 Å². The van der Waals surface area contributed by atoms with Crippen molar-refractivity contribution < 1.29 is 0 Å². The molecule has 0 radical (unpaired) electrons. The molecule has 120 valence electrons. The Morgan fingerprint density at radius 2 is 2.26 bits per heavy atom. The largest absolute Gasteiger partial charge is 0.325 e. The molecule has 1 unspecified atom stereocenters. The Bertz CT molecular complexity index is 858. The second-order valence-corrected chi connectivity index (χ2v) is 6.70. The Kier molecular flexibility index (Phi) is 3.71. The van der Waals surface area contributed by atoms with Gasteiger partial charge in [-0.3, -0.25) is 4.79 Å². The summed E-state index contributed by atoms with van der Waals surface area (Å²) in [5.41, 5.74) is 1.79. The maximum atomic E-state index is 12.4. The molecule has 1 atom stereocenters. The van der Waals surface area contributed by atoms with Gasteiger partial charge in [0.25, 0.3) is 5.56 Å². The summed E-state index contributed by atoms with van der Waals surface area (Å²) < 4.78 is 2.11. The van der Waals surface area contributed by atoms with Gasteiger partial charge in [-0.2, -0.15) is 4.98 Å². The van der Waals surface area contributed by atoms with Gasteiger partial charge in [0, 0.05) is 32.2 Å². The number of benzene rings is 1. The molecule has 1 fully saturated rings. The highest BCUT2D eigenvalue weighted by Crippen LogP contribution is 2.30. The van der Waals surface area contributed by atoms with Gasteiger partial charge in [0.2, 0.25) is 0 Å². The molecule has 1 saturated heterocycles. The number of hydrogen-bond acceptors (Lipinski definition) is 4. The summed E-state index contributed by atoms with van der Waals surface area (Å²) in [6.07, 6.45) is 3.14. The molecule has 2 aliphatic rings. The number of likely N-dealkylation sites (N-methyl/N-ethyl adjacent to an activating group) is 1. The third-order valence-electron chi connectivity index (χ3n) is 4.66. The summed E-state index contributed by atoms with van der Waals surface area (Å²) >= 11 is 6.19. The SMILES string of the molecule is CN1CCNC(/C=C2/CCn3c2nc(=O)c2c(Cl)cccc23)C1. The van der Waals surface area contributed by atoms with Crippen LogP contribution in [-0.2, 0) is 6.54 Å². The van der Waals surface area contributed by atoms with Crippen LogP contribution in [0.2, 0.25) is 5.02 Å². The lowest BCUT2D eigenvalue weighted by Gasteiger charge is -2.29. The smallest absolute Gasteiger partial charge is 0.282 e. The van der Waals surface area contributed by atoms with E-state index in [1.807, 2.05) is 12.1 Å². The fourth-order valence-corrected chi connectivity index (χ4v) is 3.79. The lowest BCUT2D eigenvalue weighted by molar-refractivity contribution is 0.261. The average Bonchev–Trinajstić information content (AvgIpc) is 2.90. The van der Waals surface area contributed by atoms with Crippen LogP contribution >= 0.6 is 11.6 Å². The molecular formula is C17H19ClN4O. The van der Waals surface area contributed by atoms with Gasteiger partial charge >= 0.3 is 0 Å². The van der Waals surface area contributed by atoms with Gasteiger partial charge in [-0.25, -0.2) is 0 Å². The monoisotopic (exact) mass is 330 g/mol. The van der Waals surface area contributed by atoms with Gasteiger partial charge in [-0.1, -0.05) is 23.7 Å². The second-order valence-electron chi connectivity index (χ2n) is 6.29. The topological polar surface area (TPSA) is 50.2 Å². The van der Waals surface area contributed by atoms with Crippen molar-refractivity contribution in [2.24, 2.45) is 0 Å². The zero-order valence-corrected chi connectivity index (χ0v) is 13.8. The summed E-state index contributed by atoms with van der Waals surface area (Å²) in [5.74, 6) is 0.791. The molecule has 0 saturated carbocycles. The van der Waals surface area contributed by atoms with Crippen molar-refractivity contribution >= 4 is 28.1 Å². The lowest BCUT2D eigenvalue weighted by Crippen LogP contribution is -2.48. The Morgan fingerprint density at radius 3 is 3.09 bits per heavy atom. The number of aromatic nitrogens is 2. The van der Waals surface area contributed by atoms with E-state index in [9.17, 15) is 4.79 Å². The van der Waals surface area contributed by atoms with Crippen molar-refractivity contribution in [1.82, 2.24) is 19.8 Å². The highest BCUT2D eigenvalue weighted by Gasteiger charge is 2.23. The number of hydrogen-bond donors (Lipinski definition) is 1. The number of allylic oxidation sites excluding steroid dienone is 1. The minimum absolute atomic E-state index is 0.238. The van der Waals surface area contributed by atoms with E-state index < -0.39 is 0 Å². The molecule has 1 N–H and O–H groups in total. The lowest BCUT2D eigenvalue weighted by atomic mass is 10.1. The quantitative estimate of drug-likeness (QED) is 0.865. The maximum Gasteiger partial charge on any atom is 0.282 e. The molecule has 0 aliphatic carbocycles. The molecule has 1 aromatic heterocycles. The fourth-order valence-electron chi connectivity index (χ4n) is 3.54. The molecule has 4 rings (SSSR count). The third-order valence-corrected chi connectivity index (χ3v) is 4.98. The van der Waals surface area contributed by atoms with Crippen LogP contribution in [0.5, 0.6) is 0 Å². The Labute approximate surface area is 139 Å². The molecule has 6 heteroatoms. The van der Waals surface area contributed by atoms with Crippen molar-refractivity contribution in [1.29, 1.82) is 0 Å². The normalized spacial score (nSPS) is 23.6. The number of aryl methyl sites for hydroxylation is 1. The van der Waals surface area contributed by atoms with Crippen LogP contribution in [0.15, 0.2) is 29.1 Å². The van der Waals surface area contributed by atoms with Crippen LogP contribution in [0.1, 0.15) is 12.2 Å². The first-order valence-electron chi connectivity index (χ1n) is 7.95. The molecule has 5 nitrogen and oxygen atoms in total. The highest BCUT2D eigenvalue weighted by atomic mass is 35.5. The Hall–Kier alpha value is -1.69. The fraction of sp³-hybridized carbons (Fsp3) is 0.412. The third kappa shape index (κ3) is 2.59. The molecule has 0 spiro atoms. The Balaban J connectivity index is 1.80. The number of halogens is 1. The zero-order valence-electron chi connectivity index (χ0n) is 13.1. The van der Waals surface area contributed by atoms with Gasteiger partial charge < -0.3 is 14.8 Å². The van der Waals surface area contributed by atoms with Crippen LogP contribution in [0.4, 0.5) is 0 Å². The van der Waals surface area contributed by atoms with Crippen LogP contribution in [-0.4, -0.2) is 47.2 Å². The number of nitrogens with zero attached hydrogens (tertiary/aromatic N) is 3. The first-order chi connectivity index (χ1) is 11.1. The summed E-state index contributed by atoms with van der Waals surface area (Å²) in [7, 11) is 2.13. The van der Waals surface area contributed by atoms with Crippen molar-refractivity contribution in [2.75, 3.05) is 26.7 Å². The number of piperazine rings is 1. The van der Waals surface area contributed by atoms with E-state index in [0.717, 1.165) is 49.5 Å². The van der Waals surface area contributed by atoms with Gasteiger partial charge in [0.15, 0.2) is 0 Å². The van der Waals surface area contributed by atoms with Crippen LogP contribution in [0.25, 0.3) is 16.5 Å². The molecule has 0 amide bonds. The summed E-state index contributed by atoms with van der Waals surface area (Å²) in [6.45, 7) is 3.87. The first kappa shape index (κ1) is 14.9. The number of rotatable bonds is 1. The van der Waals surface area contributed by atoms with E-state index >= 15 is 0 Å². The molecule has 23 heavy (non-hydrogen) atoms. The van der Waals surface area contributed by atoms with E-state index in [2.05, 4.69) is 32.9 Å². The predicted molar refractivity (Wildman–Crippen MR) is 92.9 cm³/mol. The summed E-state index contributed by atoms with van der Waals surface area (Å²) in [4.78, 5) is 19.0. The van der Waals surface area contributed by atoms with Crippen molar-refractivity contribution in [3.63, 3.8) is 0 Å². The molecular weight excluding hydrogens is 312 g/mol. The molecule has 2 aliphatic heterocycles. The van der Waals surface area contributed by atoms with Crippen molar-refractivity contribution in [2.45, 2.75) is 19.0 Å². The number of nitrogens with one attached hydrogen (secondary N) is 1.